The minimum atomic E-state index is -3.85. The summed E-state index contributed by atoms with van der Waals surface area (Å²) in [6, 6.07) is 4.46. The van der Waals surface area contributed by atoms with Crippen molar-refractivity contribution >= 4 is 33.2 Å². The summed E-state index contributed by atoms with van der Waals surface area (Å²) in [6.07, 6.45) is -0.274. The fraction of sp³-hybridized carbons (Fsp3) is 0.385. The quantitative estimate of drug-likeness (QED) is 0.834. The predicted octanol–water partition coefficient (Wildman–Crippen LogP) is 0.838. The van der Waals surface area contributed by atoms with Gasteiger partial charge in [0, 0.05) is 14.1 Å². The van der Waals surface area contributed by atoms with E-state index in [4.69, 9.17) is 10.5 Å². The number of rotatable bonds is 4. The van der Waals surface area contributed by atoms with Crippen LogP contribution in [-0.4, -0.2) is 47.8 Å². The fourth-order valence-electron chi connectivity index (χ4n) is 1.89. The van der Waals surface area contributed by atoms with E-state index in [0.717, 1.165) is 8.28 Å². The Bertz CT molecular complexity index is 824. The van der Waals surface area contributed by atoms with Gasteiger partial charge < -0.3 is 10.5 Å². The van der Waals surface area contributed by atoms with Crippen molar-refractivity contribution in [3.63, 3.8) is 0 Å². The standard InChI is InChI=1S/C13H18N4O4S/c1-8(2)21-12(18)9-5-6-10-11(7-9)17(13(14)15-10)22(19,20)16(3)4/h5-8H,1-4H3,(H2,14,15). The minimum absolute atomic E-state index is 0.168. The van der Waals surface area contributed by atoms with Crippen LogP contribution in [-0.2, 0) is 14.9 Å². The van der Waals surface area contributed by atoms with Gasteiger partial charge in [-0.05, 0) is 32.0 Å². The molecule has 0 aliphatic carbocycles. The lowest BCUT2D eigenvalue weighted by molar-refractivity contribution is 0.0378. The molecule has 2 aromatic rings. The van der Waals surface area contributed by atoms with Gasteiger partial charge in [0.25, 0.3) is 0 Å². The molecule has 1 aromatic heterocycles. The average molecular weight is 326 g/mol. The number of carbonyl (C=O) groups is 1. The average Bonchev–Trinajstić information content (AvgIpc) is 2.72. The Morgan fingerprint density at radius 1 is 1.36 bits per heavy atom. The van der Waals surface area contributed by atoms with Crippen LogP contribution in [0.1, 0.15) is 24.2 Å². The highest BCUT2D eigenvalue weighted by Gasteiger charge is 2.24. The fourth-order valence-corrected chi connectivity index (χ4v) is 2.89. The number of nitrogens with zero attached hydrogens (tertiary/aromatic N) is 3. The van der Waals surface area contributed by atoms with Crippen molar-refractivity contribution in [3.05, 3.63) is 23.8 Å². The van der Waals surface area contributed by atoms with Gasteiger partial charge in [0.05, 0.1) is 22.7 Å². The number of imidazole rings is 1. The number of hydrogen-bond donors (Lipinski definition) is 1. The highest BCUT2D eigenvalue weighted by Crippen LogP contribution is 2.23. The topological polar surface area (TPSA) is 108 Å². The van der Waals surface area contributed by atoms with Crippen LogP contribution < -0.4 is 5.73 Å². The molecule has 120 valence electrons. The number of ether oxygens (including phenoxy) is 1. The molecule has 1 heterocycles. The maximum absolute atomic E-state index is 12.3. The number of esters is 1. The van der Waals surface area contributed by atoms with Crippen LogP contribution in [0, 0.1) is 0 Å². The van der Waals surface area contributed by atoms with Crippen molar-refractivity contribution in [1.29, 1.82) is 0 Å². The van der Waals surface area contributed by atoms with Crippen LogP contribution in [0.15, 0.2) is 18.2 Å². The number of fused-ring (bicyclic) bond motifs is 1. The molecule has 9 heteroatoms. The third-order valence-electron chi connectivity index (χ3n) is 2.91. The Morgan fingerprint density at radius 2 is 2.00 bits per heavy atom. The molecule has 0 aliphatic rings. The first-order valence-corrected chi connectivity index (χ1v) is 7.96. The minimum Gasteiger partial charge on any atom is -0.459 e. The van der Waals surface area contributed by atoms with E-state index in [-0.39, 0.29) is 23.1 Å². The van der Waals surface area contributed by atoms with E-state index in [0.29, 0.717) is 5.52 Å². The van der Waals surface area contributed by atoms with Crippen LogP contribution in [0.25, 0.3) is 11.0 Å². The molecule has 2 rings (SSSR count). The zero-order valence-electron chi connectivity index (χ0n) is 12.8. The Morgan fingerprint density at radius 3 is 2.55 bits per heavy atom. The van der Waals surface area contributed by atoms with Gasteiger partial charge in [0.1, 0.15) is 0 Å². The highest BCUT2D eigenvalue weighted by molar-refractivity contribution is 7.87. The molecule has 8 nitrogen and oxygen atoms in total. The van der Waals surface area contributed by atoms with E-state index in [1.165, 1.54) is 32.3 Å². The first kappa shape index (κ1) is 16.2. The summed E-state index contributed by atoms with van der Waals surface area (Å²) in [5.41, 5.74) is 6.55. The zero-order valence-corrected chi connectivity index (χ0v) is 13.6. The smallest absolute Gasteiger partial charge is 0.338 e. The summed E-state index contributed by atoms with van der Waals surface area (Å²) in [5.74, 6) is -0.705. The van der Waals surface area contributed by atoms with Crippen molar-refractivity contribution in [2.24, 2.45) is 0 Å². The summed E-state index contributed by atoms with van der Waals surface area (Å²) in [7, 11) is -1.07. The van der Waals surface area contributed by atoms with Crippen molar-refractivity contribution in [3.8, 4) is 0 Å². The number of benzene rings is 1. The molecule has 0 spiro atoms. The summed E-state index contributed by atoms with van der Waals surface area (Å²) in [6.45, 7) is 3.46. The lowest BCUT2D eigenvalue weighted by Crippen LogP contribution is -2.29. The summed E-state index contributed by atoms with van der Waals surface area (Å²) in [5, 5.41) is 0. The first-order chi connectivity index (χ1) is 10.1. The van der Waals surface area contributed by atoms with Gasteiger partial charge in [-0.25, -0.2) is 9.78 Å². The Labute approximate surface area is 128 Å². The number of nitrogen functional groups attached to an aromatic ring is 1. The van der Waals surface area contributed by atoms with E-state index in [9.17, 15) is 13.2 Å². The lowest BCUT2D eigenvalue weighted by Gasteiger charge is -2.14. The number of carbonyl (C=O) groups excluding carboxylic acids is 1. The molecule has 22 heavy (non-hydrogen) atoms. The van der Waals surface area contributed by atoms with Crippen molar-refractivity contribution < 1.29 is 17.9 Å². The molecule has 0 radical (unpaired) electrons. The molecule has 0 fully saturated rings. The Hall–Kier alpha value is -2.13. The second-order valence-electron chi connectivity index (χ2n) is 5.18. The number of anilines is 1. The van der Waals surface area contributed by atoms with Crippen molar-refractivity contribution in [2.75, 3.05) is 19.8 Å². The number of hydrogen-bond acceptors (Lipinski definition) is 6. The first-order valence-electron chi connectivity index (χ1n) is 6.56. The van der Waals surface area contributed by atoms with Crippen LogP contribution in [0.3, 0.4) is 0 Å². The van der Waals surface area contributed by atoms with Gasteiger partial charge in [-0.2, -0.15) is 16.7 Å². The molecule has 0 aliphatic heterocycles. The maximum atomic E-state index is 12.3. The molecule has 2 N–H and O–H groups in total. The second-order valence-corrected chi connectivity index (χ2v) is 7.17. The van der Waals surface area contributed by atoms with Gasteiger partial charge in [0.2, 0.25) is 5.95 Å². The van der Waals surface area contributed by atoms with Crippen molar-refractivity contribution in [2.45, 2.75) is 20.0 Å². The van der Waals surface area contributed by atoms with E-state index in [2.05, 4.69) is 4.98 Å². The van der Waals surface area contributed by atoms with Gasteiger partial charge in [-0.15, -0.1) is 0 Å². The maximum Gasteiger partial charge on any atom is 0.338 e. The molecule has 0 amide bonds. The third kappa shape index (κ3) is 2.77. The Kier molecular flexibility index (Phi) is 4.12. The van der Waals surface area contributed by atoms with Gasteiger partial charge in [-0.1, -0.05) is 0 Å². The van der Waals surface area contributed by atoms with Gasteiger partial charge in [-0.3, -0.25) is 0 Å². The number of aromatic nitrogens is 2. The molecule has 0 bridgehead atoms. The van der Waals surface area contributed by atoms with E-state index < -0.39 is 16.2 Å². The summed E-state index contributed by atoms with van der Waals surface area (Å²) < 4.78 is 31.7. The molecule has 1 aromatic carbocycles. The predicted molar refractivity (Wildman–Crippen MR) is 82.7 cm³/mol. The third-order valence-corrected chi connectivity index (χ3v) is 4.68. The van der Waals surface area contributed by atoms with Crippen LogP contribution in [0.2, 0.25) is 0 Å². The Balaban J connectivity index is 2.64. The monoisotopic (exact) mass is 326 g/mol. The molecule has 0 saturated heterocycles. The summed E-state index contributed by atoms with van der Waals surface area (Å²) >= 11 is 0. The highest BCUT2D eigenvalue weighted by atomic mass is 32.2. The molecule has 0 unspecified atom stereocenters. The normalized spacial score (nSPS) is 12.3. The molecular formula is C13H18N4O4S. The second kappa shape index (κ2) is 5.58. The van der Waals surface area contributed by atoms with Crippen molar-refractivity contribution in [1.82, 2.24) is 13.3 Å². The van der Waals surface area contributed by atoms with Crippen LogP contribution >= 0.6 is 0 Å². The lowest BCUT2D eigenvalue weighted by atomic mass is 10.2. The van der Waals surface area contributed by atoms with E-state index >= 15 is 0 Å². The molecule has 0 saturated carbocycles. The zero-order chi connectivity index (χ0) is 16.7. The SMILES string of the molecule is CC(C)OC(=O)c1ccc2nc(N)n(S(=O)(=O)N(C)C)c2c1. The van der Waals surface area contributed by atoms with Crippen LogP contribution in [0.4, 0.5) is 5.95 Å². The van der Waals surface area contributed by atoms with Crippen LogP contribution in [0.5, 0.6) is 0 Å². The van der Waals surface area contributed by atoms with E-state index in [1.807, 2.05) is 0 Å². The molecule has 0 atom stereocenters. The van der Waals surface area contributed by atoms with E-state index in [1.54, 1.807) is 13.8 Å². The van der Waals surface area contributed by atoms with Gasteiger partial charge >= 0.3 is 16.2 Å². The van der Waals surface area contributed by atoms with Gasteiger partial charge in [0.15, 0.2) is 0 Å². The number of nitrogens with two attached hydrogens (primary N) is 1. The molecular weight excluding hydrogens is 308 g/mol. The largest absolute Gasteiger partial charge is 0.459 e. The summed E-state index contributed by atoms with van der Waals surface area (Å²) in [4.78, 5) is 16.0.